The second-order valence-corrected chi connectivity index (χ2v) is 6.30. The van der Waals surface area contributed by atoms with E-state index in [0.29, 0.717) is 19.6 Å². The first kappa shape index (κ1) is 16.3. The van der Waals surface area contributed by atoms with Crippen molar-refractivity contribution in [3.8, 4) is 5.75 Å². The summed E-state index contributed by atoms with van der Waals surface area (Å²) in [5.41, 5.74) is 2.82. The highest BCUT2D eigenvalue weighted by Crippen LogP contribution is 2.22. The minimum Gasteiger partial charge on any atom is -0.483 e. The Labute approximate surface area is 144 Å². The maximum atomic E-state index is 12.1. The fraction of sp³-hybridized carbons (Fsp3) is 0.294. The molecule has 0 saturated carbocycles. The number of aryl methyl sites for hydroxylation is 1. The van der Waals surface area contributed by atoms with Gasteiger partial charge in [0.1, 0.15) is 5.75 Å². The van der Waals surface area contributed by atoms with Crippen LogP contribution in [0.1, 0.15) is 11.1 Å². The second kappa shape index (κ2) is 7.35. The highest BCUT2D eigenvalue weighted by atomic mass is 32.1. The molecule has 0 unspecified atom stereocenters. The van der Waals surface area contributed by atoms with Crippen LogP contribution < -0.4 is 15.4 Å². The molecule has 0 aliphatic carbocycles. The predicted octanol–water partition coefficient (Wildman–Crippen LogP) is 2.60. The van der Waals surface area contributed by atoms with Gasteiger partial charge in [-0.05, 0) is 23.9 Å². The predicted molar refractivity (Wildman–Crippen MR) is 93.4 cm³/mol. The zero-order valence-corrected chi connectivity index (χ0v) is 14.2. The van der Waals surface area contributed by atoms with Crippen molar-refractivity contribution < 1.29 is 14.3 Å². The molecule has 0 radical (unpaired) electrons. The summed E-state index contributed by atoms with van der Waals surface area (Å²) < 4.78 is 5.51. The molecule has 1 aliphatic rings. The SMILES string of the molecule is Cc1cscc1NC(=O)NCCN1Cc2ccccc2OCC1=O. The van der Waals surface area contributed by atoms with Crippen molar-refractivity contribution in [2.24, 2.45) is 0 Å². The zero-order valence-electron chi connectivity index (χ0n) is 13.4. The summed E-state index contributed by atoms with van der Waals surface area (Å²) in [6, 6.07) is 7.35. The number of fused-ring (bicyclic) bond motifs is 1. The molecule has 2 aromatic rings. The number of ether oxygens (including phenoxy) is 1. The van der Waals surface area contributed by atoms with E-state index in [2.05, 4.69) is 10.6 Å². The Morgan fingerprint density at radius 3 is 2.96 bits per heavy atom. The summed E-state index contributed by atoms with van der Waals surface area (Å²) in [6.07, 6.45) is 0. The lowest BCUT2D eigenvalue weighted by Crippen LogP contribution is -2.40. The van der Waals surface area contributed by atoms with Crippen LogP contribution in [-0.4, -0.2) is 36.5 Å². The Hall–Kier alpha value is -2.54. The summed E-state index contributed by atoms with van der Waals surface area (Å²) in [5.74, 6) is 0.661. The Bertz CT molecular complexity index is 744. The number of rotatable bonds is 4. The third-order valence-electron chi connectivity index (χ3n) is 3.81. The van der Waals surface area contributed by atoms with E-state index in [1.165, 1.54) is 0 Å². The Balaban J connectivity index is 1.51. The second-order valence-electron chi connectivity index (χ2n) is 5.56. The van der Waals surface area contributed by atoms with E-state index in [1.54, 1.807) is 16.2 Å². The third-order valence-corrected chi connectivity index (χ3v) is 4.67. The number of nitrogens with one attached hydrogen (secondary N) is 2. The molecule has 24 heavy (non-hydrogen) atoms. The first-order valence-electron chi connectivity index (χ1n) is 7.69. The van der Waals surface area contributed by atoms with Crippen LogP contribution in [-0.2, 0) is 11.3 Å². The molecule has 1 aliphatic heterocycles. The van der Waals surface area contributed by atoms with Gasteiger partial charge in [0.2, 0.25) is 0 Å². The summed E-state index contributed by atoms with van der Waals surface area (Å²) in [4.78, 5) is 25.7. The number of urea groups is 1. The lowest BCUT2D eigenvalue weighted by molar-refractivity contribution is -0.133. The first-order valence-corrected chi connectivity index (χ1v) is 8.64. The summed E-state index contributed by atoms with van der Waals surface area (Å²) in [6.45, 7) is 3.27. The highest BCUT2D eigenvalue weighted by molar-refractivity contribution is 7.08. The summed E-state index contributed by atoms with van der Waals surface area (Å²) in [7, 11) is 0. The average molecular weight is 345 g/mol. The molecule has 0 spiro atoms. The van der Waals surface area contributed by atoms with E-state index >= 15 is 0 Å². The van der Waals surface area contributed by atoms with Gasteiger partial charge in [0.05, 0.1) is 5.69 Å². The molecule has 0 saturated heterocycles. The number of benzene rings is 1. The normalized spacial score (nSPS) is 13.7. The Morgan fingerprint density at radius 1 is 1.33 bits per heavy atom. The number of para-hydroxylation sites is 1. The maximum Gasteiger partial charge on any atom is 0.319 e. The summed E-state index contributed by atoms with van der Waals surface area (Å²) in [5, 5.41) is 9.45. The van der Waals surface area contributed by atoms with Crippen LogP contribution in [0.25, 0.3) is 0 Å². The van der Waals surface area contributed by atoms with Crippen LogP contribution in [0.3, 0.4) is 0 Å². The Kier molecular flexibility index (Phi) is 5.00. The zero-order chi connectivity index (χ0) is 16.9. The van der Waals surface area contributed by atoms with Gasteiger partial charge in [-0.15, -0.1) is 11.3 Å². The average Bonchev–Trinajstić information content (AvgIpc) is 2.89. The van der Waals surface area contributed by atoms with Crippen LogP contribution in [0, 0.1) is 6.92 Å². The summed E-state index contributed by atoms with van der Waals surface area (Å²) >= 11 is 1.54. The molecule has 6 nitrogen and oxygen atoms in total. The minimum atomic E-state index is -0.268. The lowest BCUT2D eigenvalue weighted by Gasteiger charge is -2.20. The van der Waals surface area contributed by atoms with Crippen LogP contribution >= 0.6 is 11.3 Å². The number of carbonyl (C=O) groups excluding carboxylic acids is 2. The van der Waals surface area contributed by atoms with E-state index in [0.717, 1.165) is 22.6 Å². The number of thiophene rings is 1. The maximum absolute atomic E-state index is 12.1. The van der Waals surface area contributed by atoms with Gasteiger partial charge in [-0.1, -0.05) is 18.2 Å². The molecule has 1 aromatic carbocycles. The number of nitrogens with zero attached hydrogens (tertiary/aromatic N) is 1. The van der Waals surface area contributed by atoms with Crippen molar-refractivity contribution in [1.29, 1.82) is 0 Å². The monoisotopic (exact) mass is 345 g/mol. The number of hydrogen-bond acceptors (Lipinski definition) is 4. The van der Waals surface area contributed by atoms with E-state index in [-0.39, 0.29) is 18.5 Å². The van der Waals surface area contributed by atoms with Crippen LogP contribution in [0.4, 0.5) is 10.5 Å². The van der Waals surface area contributed by atoms with Crippen LogP contribution in [0.15, 0.2) is 35.0 Å². The van der Waals surface area contributed by atoms with Gasteiger partial charge in [-0.25, -0.2) is 4.79 Å². The van der Waals surface area contributed by atoms with E-state index in [9.17, 15) is 9.59 Å². The molecule has 3 rings (SSSR count). The van der Waals surface area contributed by atoms with Crippen LogP contribution in [0.5, 0.6) is 5.75 Å². The fourth-order valence-corrected chi connectivity index (χ4v) is 3.24. The quantitative estimate of drug-likeness (QED) is 0.895. The molecule has 0 fully saturated rings. The van der Waals surface area contributed by atoms with Crippen molar-refractivity contribution in [2.45, 2.75) is 13.5 Å². The largest absolute Gasteiger partial charge is 0.483 e. The van der Waals surface area contributed by atoms with Gasteiger partial charge in [-0.2, -0.15) is 0 Å². The van der Waals surface area contributed by atoms with Gasteiger partial charge in [0, 0.05) is 30.6 Å². The van der Waals surface area contributed by atoms with Crippen molar-refractivity contribution in [3.05, 3.63) is 46.2 Å². The van der Waals surface area contributed by atoms with Crippen molar-refractivity contribution >= 4 is 29.0 Å². The smallest absolute Gasteiger partial charge is 0.319 e. The molecular formula is C17H19N3O3S. The van der Waals surface area contributed by atoms with Crippen molar-refractivity contribution in [2.75, 3.05) is 25.0 Å². The molecule has 7 heteroatoms. The Morgan fingerprint density at radius 2 is 2.17 bits per heavy atom. The molecule has 0 bridgehead atoms. The molecule has 2 N–H and O–H groups in total. The van der Waals surface area contributed by atoms with Gasteiger partial charge < -0.3 is 20.3 Å². The van der Waals surface area contributed by atoms with Gasteiger partial charge >= 0.3 is 6.03 Å². The van der Waals surface area contributed by atoms with Gasteiger partial charge in [0.15, 0.2) is 6.61 Å². The third kappa shape index (κ3) is 3.86. The van der Waals surface area contributed by atoms with Crippen molar-refractivity contribution in [3.63, 3.8) is 0 Å². The lowest BCUT2D eigenvalue weighted by atomic mass is 10.2. The van der Waals surface area contributed by atoms with Crippen molar-refractivity contribution in [1.82, 2.24) is 10.2 Å². The highest BCUT2D eigenvalue weighted by Gasteiger charge is 2.20. The number of hydrogen-bond donors (Lipinski definition) is 2. The molecule has 126 valence electrons. The number of carbonyl (C=O) groups is 2. The van der Waals surface area contributed by atoms with Gasteiger partial charge in [0.25, 0.3) is 5.91 Å². The molecular weight excluding hydrogens is 326 g/mol. The van der Waals surface area contributed by atoms with E-state index in [4.69, 9.17) is 4.74 Å². The topological polar surface area (TPSA) is 70.7 Å². The standard InChI is InChI=1S/C17H19N3O3S/c1-12-10-24-11-14(12)19-17(22)18-6-7-20-8-13-4-2-3-5-15(13)23-9-16(20)21/h2-5,10-11H,6-9H2,1H3,(H2,18,19,22). The van der Waals surface area contributed by atoms with E-state index < -0.39 is 0 Å². The first-order chi connectivity index (χ1) is 11.6. The number of anilines is 1. The molecule has 3 amide bonds. The molecule has 1 aromatic heterocycles. The molecule has 2 heterocycles. The van der Waals surface area contributed by atoms with E-state index in [1.807, 2.05) is 41.9 Å². The van der Waals surface area contributed by atoms with Gasteiger partial charge in [-0.3, -0.25) is 4.79 Å². The van der Waals surface area contributed by atoms with Crippen LogP contribution in [0.2, 0.25) is 0 Å². The fourth-order valence-electron chi connectivity index (χ4n) is 2.46. The minimum absolute atomic E-state index is 0.0251. The molecule has 0 atom stereocenters. The number of amides is 3.